The zero-order valence-electron chi connectivity index (χ0n) is 13.8. The average Bonchev–Trinajstić information content (AvgIpc) is 2.47. The Labute approximate surface area is 159 Å². The van der Waals surface area contributed by atoms with Crippen LogP contribution in [0.25, 0.3) is 0 Å². The molecule has 0 atom stereocenters. The Balaban J connectivity index is 0.00000441. The van der Waals surface area contributed by atoms with Crippen LogP contribution in [0, 0.1) is 0 Å². The van der Waals surface area contributed by atoms with E-state index in [2.05, 4.69) is 69.7 Å². The topological polar surface area (TPSA) is 45.6 Å². The van der Waals surface area contributed by atoms with Gasteiger partial charge >= 0.3 is 0 Å². The molecule has 1 aromatic carbocycles. The Morgan fingerprint density at radius 2 is 1.86 bits per heavy atom. The van der Waals surface area contributed by atoms with Gasteiger partial charge in [-0.05, 0) is 24.6 Å². The molecular weight excluding hydrogens is 457 g/mol. The molecule has 0 saturated carbocycles. The summed E-state index contributed by atoms with van der Waals surface area (Å²) in [6, 6.07) is 8.45. The third-order valence-electron chi connectivity index (χ3n) is 3.29. The van der Waals surface area contributed by atoms with Crippen LogP contribution in [0.3, 0.4) is 0 Å². The van der Waals surface area contributed by atoms with Gasteiger partial charge in [0.2, 0.25) is 0 Å². The molecule has 0 saturated heterocycles. The van der Waals surface area contributed by atoms with E-state index in [0.29, 0.717) is 6.61 Å². The van der Waals surface area contributed by atoms with E-state index in [1.165, 1.54) is 5.56 Å². The van der Waals surface area contributed by atoms with Crippen LogP contribution in [-0.2, 0) is 10.2 Å². The van der Waals surface area contributed by atoms with Gasteiger partial charge in [-0.2, -0.15) is 0 Å². The van der Waals surface area contributed by atoms with E-state index < -0.39 is 0 Å². The van der Waals surface area contributed by atoms with Gasteiger partial charge in [-0.3, -0.25) is 4.99 Å². The van der Waals surface area contributed by atoms with E-state index in [1.807, 2.05) is 6.92 Å². The molecule has 126 valence electrons. The van der Waals surface area contributed by atoms with Crippen LogP contribution in [0.4, 0.5) is 0 Å². The van der Waals surface area contributed by atoms with Gasteiger partial charge in [-0.25, -0.2) is 0 Å². The third kappa shape index (κ3) is 7.78. The number of halogens is 2. The first-order chi connectivity index (χ1) is 9.99. The third-order valence-corrected chi connectivity index (χ3v) is 3.82. The van der Waals surface area contributed by atoms with E-state index in [1.54, 1.807) is 7.05 Å². The molecule has 2 N–H and O–H groups in total. The van der Waals surface area contributed by atoms with Gasteiger partial charge in [0, 0.05) is 36.6 Å². The number of nitrogens with one attached hydrogen (secondary N) is 2. The van der Waals surface area contributed by atoms with Crippen LogP contribution in [0.5, 0.6) is 0 Å². The lowest BCUT2D eigenvalue weighted by atomic mass is 9.85. The molecule has 1 rings (SSSR count). The number of guanidine groups is 1. The van der Waals surface area contributed by atoms with Crippen molar-refractivity contribution in [3.63, 3.8) is 0 Å². The Hall–Kier alpha value is -0.340. The van der Waals surface area contributed by atoms with Crippen LogP contribution in [0.15, 0.2) is 33.7 Å². The SMILES string of the molecule is CCOCCNC(=NC)NCC(C)(C)c1ccc(Br)cc1.I. The normalized spacial score (nSPS) is 11.8. The fourth-order valence-electron chi connectivity index (χ4n) is 1.91. The highest BCUT2D eigenvalue weighted by Gasteiger charge is 2.20. The van der Waals surface area contributed by atoms with Gasteiger partial charge in [0.05, 0.1) is 6.61 Å². The van der Waals surface area contributed by atoms with Crippen molar-refractivity contribution in [1.82, 2.24) is 10.6 Å². The highest BCUT2D eigenvalue weighted by molar-refractivity contribution is 14.0. The molecule has 4 nitrogen and oxygen atoms in total. The molecule has 0 aromatic heterocycles. The van der Waals surface area contributed by atoms with Crippen molar-refractivity contribution in [3.8, 4) is 0 Å². The second-order valence-electron chi connectivity index (χ2n) is 5.44. The standard InChI is InChI=1S/C16H26BrN3O.HI/c1-5-21-11-10-19-15(18-4)20-12-16(2,3)13-6-8-14(17)9-7-13;/h6-9H,5,10-12H2,1-4H3,(H2,18,19,20);1H. The largest absolute Gasteiger partial charge is 0.380 e. The molecule has 0 fully saturated rings. The van der Waals surface area contributed by atoms with Crippen molar-refractivity contribution in [2.75, 3.05) is 33.4 Å². The predicted molar refractivity (Wildman–Crippen MR) is 108 cm³/mol. The molecular formula is C16H27BrIN3O. The molecule has 0 radical (unpaired) electrons. The minimum atomic E-state index is 0. The second kappa shape index (κ2) is 11.2. The van der Waals surface area contributed by atoms with Crippen molar-refractivity contribution in [1.29, 1.82) is 0 Å². The van der Waals surface area contributed by atoms with E-state index >= 15 is 0 Å². The number of ether oxygens (including phenoxy) is 1. The molecule has 0 aliphatic carbocycles. The Morgan fingerprint density at radius 1 is 1.23 bits per heavy atom. The maximum atomic E-state index is 5.30. The van der Waals surface area contributed by atoms with Crippen molar-refractivity contribution in [2.24, 2.45) is 4.99 Å². The van der Waals surface area contributed by atoms with Crippen molar-refractivity contribution in [2.45, 2.75) is 26.2 Å². The smallest absolute Gasteiger partial charge is 0.191 e. The van der Waals surface area contributed by atoms with Crippen LogP contribution in [-0.4, -0.2) is 39.3 Å². The van der Waals surface area contributed by atoms with Crippen LogP contribution < -0.4 is 10.6 Å². The van der Waals surface area contributed by atoms with E-state index in [-0.39, 0.29) is 29.4 Å². The molecule has 0 spiro atoms. The van der Waals surface area contributed by atoms with E-state index in [4.69, 9.17) is 4.74 Å². The number of rotatable bonds is 7. The van der Waals surface area contributed by atoms with Crippen LogP contribution >= 0.6 is 39.9 Å². The number of hydrogen-bond donors (Lipinski definition) is 2. The maximum absolute atomic E-state index is 5.30. The first kappa shape index (κ1) is 21.7. The molecule has 0 aliphatic heterocycles. The lowest BCUT2D eigenvalue weighted by molar-refractivity contribution is 0.152. The fourth-order valence-corrected chi connectivity index (χ4v) is 2.18. The van der Waals surface area contributed by atoms with Gasteiger partial charge in [0.1, 0.15) is 0 Å². The summed E-state index contributed by atoms with van der Waals surface area (Å²) >= 11 is 3.47. The summed E-state index contributed by atoms with van der Waals surface area (Å²) in [7, 11) is 1.78. The summed E-state index contributed by atoms with van der Waals surface area (Å²) in [5, 5.41) is 6.62. The monoisotopic (exact) mass is 483 g/mol. The van der Waals surface area contributed by atoms with Crippen LogP contribution in [0.1, 0.15) is 26.3 Å². The van der Waals surface area contributed by atoms with Gasteiger partial charge < -0.3 is 15.4 Å². The summed E-state index contributed by atoms with van der Waals surface area (Å²) in [5.41, 5.74) is 1.32. The summed E-state index contributed by atoms with van der Waals surface area (Å²) in [4.78, 5) is 4.23. The van der Waals surface area contributed by atoms with Gasteiger partial charge in [-0.1, -0.05) is 41.9 Å². The van der Waals surface area contributed by atoms with Gasteiger partial charge in [0.25, 0.3) is 0 Å². The van der Waals surface area contributed by atoms with Crippen LogP contribution in [0.2, 0.25) is 0 Å². The molecule has 0 heterocycles. The number of nitrogens with zero attached hydrogens (tertiary/aromatic N) is 1. The summed E-state index contributed by atoms with van der Waals surface area (Å²) in [5.74, 6) is 0.805. The average molecular weight is 484 g/mol. The van der Waals surface area contributed by atoms with E-state index in [0.717, 1.165) is 30.1 Å². The molecule has 0 bridgehead atoms. The summed E-state index contributed by atoms with van der Waals surface area (Å²) in [6.07, 6.45) is 0. The molecule has 0 unspecified atom stereocenters. The maximum Gasteiger partial charge on any atom is 0.191 e. The predicted octanol–water partition coefficient (Wildman–Crippen LogP) is 3.55. The highest BCUT2D eigenvalue weighted by atomic mass is 127. The first-order valence-electron chi connectivity index (χ1n) is 7.28. The highest BCUT2D eigenvalue weighted by Crippen LogP contribution is 2.23. The van der Waals surface area contributed by atoms with Gasteiger partial charge in [0.15, 0.2) is 5.96 Å². The first-order valence-corrected chi connectivity index (χ1v) is 8.07. The molecule has 6 heteroatoms. The summed E-state index contributed by atoms with van der Waals surface area (Å²) < 4.78 is 6.40. The van der Waals surface area contributed by atoms with Crippen molar-refractivity contribution in [3.05, 3.63) is 34.3 Å². The Kier molecular flexibility index (Phi) is 11.1. The zero-order chi connectivity index (χ0) is 15.7. The molecule has 22 heavy (non-hydrogen) atoms. The van der Waals surface area contributed by atoms with Crippen molar-refractivity contribution < 1.29 is 4.74 Å². The minimum Gasteiger partial charge on any atom is -0.380 e. The van der Waals surface area contributed by atoms with E-state index in [9.17, 15) is 0 Å². The minimum absolute atomic E-state index is 0. The molecule has 1 aromatic rings. The Bertz CT molecular complexity index is 449. The molecule has 0 aliphatic rings. The van der Waals surface area contributed by atoms with Gasteiger partial charge in [-0.15, -0.1) is 24.0 Å². The zero-order valence-corrected chi connectivity index (χ0v) is 17.7. The number of benzene rings is 1. The lowest BCUT2D eigenvalue weighted by Gasteiger charge is -2.27. The summed E-state index contributed by atoms with van der Waals surface area (Å²) in [6.45, 7) is 9.42. The second-order valence-corrected chi connectivity index (χ2v) is 6.36. The Morgan fingerprint density at radius 3 is 2.41 bits per heavy atom. The quantitative estimate of drug-likeness (QED) is 0.270. The lowest BCUT2D eigenvalue weighted by Crippen LogP contribution is -2.44. The molecule has 0 amide bonds. The fraction of sp³-hybridized carbons (Fsp3) is 0.562. The van der Waals surface area contributed by atoms with Crippen molar-refractivity contribution >= 4 is 45.9 Å². The number of hydrogen-bond acceptors (Lipinski definition) is 2. The number of aliphatic imine (C=N–C) groups is 1.